The van der Waals surface area contributed by atoms with Gasteiger partial charge in [-0.25, -0.2) is 9.59 Å². The second-order valence-corrected chi connectivity index (χ2v) is 8.15. The minimum absolute atomic E-state index is 0.128. The highest BCUT2D eigenvalue weighted by molar-refractivity contribution is 5.97. The van der Waals surface area contributed by atoms with E-state index in [9.17, 15) is 9.59 Å². The fourth-order valence-corrected chi connectivity index (χ4v) is 3.71. The van der Waals surface area contributed by atoms with E-state index in [2.05, 4.69) is 24.0 Å². The predicted octanol–water partition coefficient (Wildman–Crippen LogP) is 3.50. The fraction of sp³-hybridized carbons (Fsp3) is 0.385. The molecule has 1 N–H and O–H groups in total. The van der Waals surface area contributed by atoms with Gasteiger partial charge >= 0.3 is 12.1 Å². The minimum Gasteiger partial charge on any atom is -0.490 e. The number of allylic oxidation sites excluding steroid dienone is 2. The Morgan fingerprint density at radius 2 is 1.74 bits per heavy atom. The van der Waals surface area contributed by atoms with E-state index in [0.717, 1.165) is 34.3 Å². The summed E-state index contributed by atoms with van der Waals surface area (Å²) < 4.78 is 27.6. The number of benzene rings is 2. The SMILES string of the molecule is C=C(C)C(=O)OCCOCCNC(=O)Oc1c2c(c(OCC3CO3)c3ccccc13)CC=CC2. The highest BCUT2D eigenvalue weighted by Crippen LogP contribution is 2.43. The van der Waals surface area contributed by atoms with Gasteiger partial charge in [-0.2, -0.15) is 0 Å². The number of hydrogen-bond acceptors (Lipinski definition) is 7. The highest BCUT2D eigenvalue weighted by Gasteiger charge is 2.27. The van der Waals surface area contributed by atoms with Crippen molar-refractivity contribution in [3.63, 3.8) is 0 Å². The van der Waals surface area contributed by atoms with E-state index in [4.69, 9.17) is 23.7 Å². The molecule has 2 aromatic carbocycles. The maximum atomic E-state index is 12.6. The summed E-state index contributed by atoms with van der Waals surface area (Å²) in [7, 11) is 0. The zero-order valence-corrected chi connectivity index (χ0v) is 19.3. The molecule has 2 aromatic rings. The van der Waals surface area contributed by atoms with Crippen molar-refractivity contribution in [3.8, 4) is 11.5 Å². The molecule has 0 saturated carbocycles. The standard InChI is InChI=1S/C26H29NO7/c1-17(2)25(28)31-14-13-30-12-11-27-26(29)34-24-21-9-5-3-7-19(21)23(33-16-18-15-32-18)20-8-4-6-10-22(20)24/h3-7,9,18H,1,8,10-16H2,2H3,(H,27,29). The van der Waals surface area contributed by atoms with Crippen LogP contribution in [0.5, 0.6) is 11.5 Å². The summed E-state index contributed by atoms with van der Waals surface area (Å²) in [5.74, 6) is 0.932. The van der Waals surface area contributed by atoms with Gasteiger partial charge in [-0.15, -0.1) is 0 Å². The number of epoxide rings is 1. The topological polar surface area (TPSA) is 95.6 Å². The number of hydrogen-bond donors (Lipinski definition) is 1. The summed E-state index contributed by atoms with van der Waals surface area (Å²) in [4.78, 5) is 23.9. The van der Waals surface area contributed by atoms with Crippen molar-refractivity contribution in [2.45, 2.75) is 25.9 Å². The molecule has 1 atom stereocenters. The monoisotopic (exact) mass is 467 g/mol. The van der Waals surface area contributed by atoms with E-state index < -0.39 is 12.1 Å². The summed E-state index contributed by atoms with van der Waals surface area (Å²) in [6.45, 7) is 7.21. The van der Waals surface area contributed by atoms with Gasteiger partial charge in [0.2, 0.25) is 0 Å². The van der Waals surface area contributed by atoms with E-state index in [-0.39, 0.29) is 32.5 Å². The second-order valence-electron chi connectivity index (χ2n) is 8.15. The zero-order chi connectivity index (χ0) is 23.9. The van der Waals surface area contributed by atoms with E-state index in [1.807, 2.05) is 24.3 Å². The summed E-state index contributed by atoms with van der Waals surface area (Å²) in [6.07, 6.45) is 5.14. The number of esters is 1. The summed E-state index contributed by atoms with van der Waals surface area (Å²) in [6, 6.07) is 7.78. The Bertz CT molecular complexity index is 1100. The third-order valence-electron chi connectivity index (χ3n) is 5.48. The Balaban J connectivity index is 1.38. The number of amides is 1. The molecule has 0 radical (unpaired) electrons. The van der Waals surface area contributed by atoms with Gasteiger partial charge in [-0.1, -0.05) is 43.0 Å². The van der Waals surface area contributed by atoms with Crippen LogP contribution in [0.25, 0.3) is 10.8 Å². The van der Waals surface area contributed by atoms with E-state index in [1.165, 1.54) is 0 Å². The Morgan fingerprint density at radius 1 is 1.06 bits per heavy atom. The molecule has 180 valence electrons. The molecule has 0 aromatic heterocycles. The molecular formula is C26H29NO7. The lowest BCUT2D eigenvalue weighted by atomic mass is 9.90. The van der Waals surface area contributed by atoms with Crippen LogP contribution in [-0.2, 0) is 31.8 Å². The molecule has 1 amide bonds. The van der Waals surface area contributed by atoms with Crippen LogP contribution in [0.3, 0.4) is 0 Å². The summed E-state index contributed by atoms with van der Waals surface area (Å²) >= 11 is 0. The molecule has 1 aliphatic carbocycles. The minimum atomic E-state index is -0.556. The molecule has 0 bridgehead atoms. The van der Waals surface area contributed by atoms with Crippen LogP contribution in [0.2, 0.25) is 0 Å². The first-order valence-corrected chi connectivity index (χ1v) is 11.4. The van der Waals surface area contributed by atoms with Crippen molar-refractivity contribution in [3.05, 3.63) is 59.7 Å². The Labute approximate surface area is 198 Å². The van der Waals surface area contributed by atoms with Crippen molar-refractivity contribution >= 4 is 22.8 Å². The molecule has 1 saturated heterocycles. The molecule has 8 nitrogen and oxygen atoms in total. The van der Waals surface area contributed by atoms with Gasteiger partial charge in [0.15, 0.2) is 0 Å². The van der Waals surface area contributed by atoms with Gasteiger partial charge < -0.3 is 29.0 Å². The normalized spacial score (nSPS) is 16.0. The van der Waals surface area contributed by atoms with Crippen LogP contribution in [-0.4, -0.2) is 57.7 Å². The molecular weight excluding hydrogens is 438 g/mol. The van der Waals surface area contributed by atoms with Gasteiger partial charge in [0.1, 0.15) is 30.8 Å². The quantitative estimate of drug-likeness (QED) is 0.178. The molecule has 0 spiro atoms. The third-order valence-corrected chi connectivity index (χ3v) is 5.48. The van der Waals surface area contributed by atoms with E-state index in [1.54, 1.807) is 6.92 Å². The zero-order valence-electron chi connectivity index (χ0n) is 19.3. The van der Waals surface area contributed by atoms with Crippen molar-refractivity contribution in [1.29, 1.82) is 0 Å². The molecule has 1 fully saturated rings. The van der Waals surface area contributed by atoms with Crippen molar-refractivity contribution in [2.24, 2.45) is 0 Å². The van der Waals surface area contributed by atoms with Crippen LogP contribution < -0.4 is 14.8 Å². The first kappa shape index (κ1) is 23.8. The molecule has 1 unspecified atom stereocenters. The highest BCUT2D eigenvalue weighted by atomic mass is 16.6. The van der Waals surface area contributed by atoms with Crippen LogP contribution in [0.15, 0.2) is 48.6 Å². The van der Waals surface area contributed by atoms with Crippen LogP contribution in [0.1, 0.15) is 18.1 Å². The van der Waals surface area contributed by atoms with Gasteiger partial charge in [-0.05, 0) is 19.8 Å². The Hall–Kier alpha value is -3.36. The maximum absolute atomic E-state index is 12.6. The number of carbonyl (C=O) groups is 2. The van der Waals surface area contributed by atoms with Crippen molar-refractivity contribution < 1.29 is 33.3 Å². The van der Waals surface area contributed by atoms with Crippen molar-refractivity contribution in [2.75, 3.05) is 39.6 Å². The smallest absolute Gasteiger partial charge is 0.412 e. The molecule has 34 heavy (non-hydrogen) atoms. The number of carbonyl (C=O) groups excluding carboxylic acids is 2. The first-order valence-electron chi connectivity index (χ1n) is 11.4. The van der Waals surface area contributed by atoms with Crippen molar-refractivity contribution in [1.82, 2.24) is 5.32 Å². The second kappa shape index (κ2) is 11.2. The van der Waals surface area contributed by atoms with Crippen LogP contribution in [0, 0.1) is 0 Å². The Kier molecular flexibility index (Phi) is 7.82. The average molecular weight is 468 g/mol. The summed E-state index contributed by atoms with van der Waals surface area (Å²) in [5.41, 5.74) is 2.34. The maximum Gasteiger partial charge on any atom is 0.412 e. The lowest BCUT2D eigenvalue weighted by Gasteiger charge is -2.23. The van der Waals surface area contributed by atoms with Gasteiger partial charge in [0.25, 0.3) is 0 Å². The molecule has 1 heterocycles. The lowest BCUT2D eigenvalue weighted by molar-refractivity contribution is -0.140. The molecule has 2 aliphatic rings. The lowest BCUT2D eigenvalue weighted by Crippen LogP contribution is -2.31. The largest absolute Gasteiger partial charge is 0.490 e. The summed E-state index contributed by atoms with van der Waals surface area (Å²) in [5, 5.41) is 4.45. The molecule has 1 aliphatic heterocycles. The third kappa shape index (κ3) is 5.95. The average Bonchev–Trinajstić information content (AvgIpc) is 3.67. The van der Waals surface area contributed by atoms with Crippen LogP contribution in [0.4, 0.5) is 4.79 Å². The number of fused-ring (bicyclic) bond motifs is 2. The van der Waals surface area contributed by atoms with Crippen LogP contribution >= 0.6 is 0 Å². The Morgan fingerprint density at radius 3 is 2.41 bits per heavy atom. The van der Waals surface area contributed by atoms with Gasteiger partial charge in [0.05, 0.1) is 19.8 Å². The molecule has 4 rings (SSSR count). The number of rotatable bonds is 11. The fourth-order valence-electron chi connectivity index (χ4n) is 3.71. The first-order chi connectivity index (χ1) is 16.5. The van der Waals surface area contributed by atoms with Gasteiger partial charge in [0, 0.05) is 34.0 Å². The van der Waals surface area contributed by atoms with E-state index in [0.29, 0.717) is 30.8 Å². The number of nitrogens with one attached hydrogen (secondary N) is 1. The number of ether oxygens (including phenoxy) is 5. The van der Waals surface area contributed by atoms with E-state index >= 15 is 0 Å². The predicted molar refractivity (Wildman–Crippen MR) is 126 cm³/mol. The molecule has 8 heteroatoms. The van der Waals surface area contributed by atoms with Gasteiger partial charge in [-0.3, -0.25) is 0 Å².